The molecule has 0 saturated heterocycles. The van der Waals surface area contributed by atoms with Gasteiger partial charge in [-0.05, 0) is 49.2 Å². The number of fused-ring (bicyclic) bond motifs is 1. The van der Waals surface area contributed by atoms with Gasteiger partial charge in [0, 0.05) is 11.6 Å². The van der Waals surface area contributed by atoms with E-state index in [1.807, 2.05) is 0 Å². The van der Waals surface area contributed by atoms with Crippen LogP contribution in [0.2, 0.25) is 0 Å². The van der Waals surface area contributed by atoms with Gasteiger partial charge >= 0.3 is 0 Å². The number of phenols is 1. The van der Waals surface area contributed by atoms with E-state index in [0.717, 1.165) is 18.7 Å². The van der Waals surface area contributed by atoms with Crippen LogP contribution in [0.3, 0.4) is 0 Å². The van der Waals surface area contributed by atoms with Gasteiger partial charge in [0.25, 0.3) is 5.91 Å². The van der Waals surface area contributed by atoms with Crippen molar-refractivity contribution in [2.45, 2.75) is 18.8 Å². The van der Waals surface area contributed by atoms with Crippen LogP contribution >= 0.6 is 0 Å². The number of methoxy groups -OCH3 is 1. The van der Waals surface area contributed by atoms with E-state index in [1.54, 1.807) is 31.4 Å². The molecule has 4 rings (SSSR count). The van der Waals surface area contributed by atoms with Gasteiger partial charge < -0.3 is 20.1 Å². The SMILES string of the molecule is COc1ccc(C(=O)Nc2ccc(O)cc2)c2[nH]c(C3CC3)nc12. The first-order valence-electron chi connectivity index (χ1n) is 7.82. The number of ether oxygens (including phenoxy) is 1. The fourth-order valence-corrected chi connectivity index (χ4v) is 2.73. The number of nitrogens with zero attached hydrogens (tertiary/aromatic N) is 1. The van der Waals surface area contributed by atoms with Crippen molar-refractivity contribution in [2.24, 2.45) is 0 Å². The third-order valence-electron chi connectivity index (χ3n) is 4.18. The average molecular weight is 323 g/mol. The van der Waals surface area contributed by atoms with Crippen molar-refractivity contribution >= 4 is 22.6 Å². The van der Waals surface area contributed by atoms with Crippen molar-refractivity contribution < 1.29 is 14.6 Å². The largest absolute Gasteiger partial charge is 0.508 e. The van der Waals surface area contributed by atoms with E-state index < -0.39 is 0 Å². The minimum atomic E-state index is -0.237. The van der Waals surface area contributed by atoms with Gasteiger partial charge in [0.2, 0.25) is 0 Å². The molecular weight excluding hydrogens is 306 g/mol. The molecule has 1 aliphatic rings. The Hall–Kier alpha value is -3.02. The second-order valence-corrected chi connectivity index (χ2v) is 5.94. The molecule has 0 atom stereocenters. The van der Waals surface area contributed by atoms with Gasteiger partial charge in [-0.2, -0.15) is 0 Å². The highest BCUT2D eigenvalue weighted by Gasteiger charge is 2.28. The van der Waals surface area contributed by atoms with Gasteiger partial charge in [-0.1, -0.05) is 0 Å². The van der Waals surface area contributed by atoms with E-state index >= 15 is 0 Å². The summed E-state index contributed by atoms with van der Waals surface area (Å²) in [5, 5.41) is 12.2. The zero-order valence-electron chi connectivity index (χ0n) is 13.2. The lowest BCUT2D eigenvalue weighted by Crippen LogP contribution is -2.12. The van der Waals surface area contributed by atoms with Crippen LogP contribution in [0.1, 0.15) is 34.9 Å². The maximum Gasteiger partial charge on any atom is 0.257 e. The minimum Gasteiger partial charge on any atom is -0.508 e. The number of anilines is 1. The lowest BCUT2D eigenvalue weighted by atomic mass is 10.1. The number of rotatable bonds is 4. The zero-order chi connectivity index (χ0) is 16.7. The number of hydrogen-bond acceptors (Lipinski definition) is 4. The molecule has 0 radical (unpaired) electrons. The lowest BCUT2D eigenvalue weighted by Gasteiger charge is -2.08. The van der Waals surface area contributed by atoms with Crippen LogP contribution in [0, 0.1) is 0 Å². The molecule has 0 spiro atoms. The Morgan fingerprint density at radius 2 is 2.00 bits per heavy atom. The summed E-state index contributed by atoms with van der Waals surface area (Å²) in [6, 6.07) is 9.84. The first-order valence-corrected chi connectivity index (χ1v) is 7.82. The number of carbonyl (C=O) groups is 1. The van der Waals surface area contributed by atoms with Crippen LogP contribution in [0.15, 0.2) is 36.4 Å². The number of amides is 1. The summed E-state index contributed by atoms with van der Waals surface area (Å²) in [6.45, 7) is 0. The van der Waals surface area contributed by atoms with Crippen LogP contribution in [-0.2, 0) is 0 Å². The molecular formula is C18H17N3O3. The summed E-state index contributed by atoms with van der Waals surface area (Å²) in [5.41, 5.74) is 2.49. The molecule has 0 unspecified atom stereocenters. The Labute approximate surface area is 138 Å². The van der Waals surface area contributed by atoms with Crippen LogP contribution < -0.4 is 10.1 Å². The van der Waals surface area contributed by atoms with Crippen molar-refractivity contribution in [3.8, 4) is 11.5 Å². The summed E-state index contributed by atoms with van der Waals surface area (Å²) in [4.78, 5) is 20.5. The quantitative estimate of drug-likeness (QED) is 0.642. The van der Waals surface area contributed by atoms with E-state index in [2.05, 4.69) is 15.3 Å². The van der Waals surface area contributed by atoms with Gasteiger partial charge in [0.05, 0.1) is 18.2 Å². The highest BCUT2D eigenvalue weighted by atomic mass is 16.5. The predicted octanol–water partition coefficient (Wildman–Crippen LogP) is 3.41. The molecule has 1 saturated carbocycles. The van der Waals surface area contributed by atoms with Gasteiger partial charge in [-0.15, -0.1) is 0 Å². The Morgan fingerprint density at radius 1 is 1.25 bits per heavy atom. The van der Waals surface area contributed by atoms with Crippen LogP contribution in [0.25, 0.3) is 11.0 Å². The van der Waals surface area contributed by atoms with Gasteiger partial charge in [-0.25, -0.2) is 4.98 Å². The number of H-pyrrole nitrogens is 1. The van der Waals surface area contributed by atoms with E-state index in [9.17, 15) is 9.90 Å². The highest BCUT2D eigenvalue weighted by molar-refractivity contribution is 6.12. The van der Waals surface area contributed by atoms with Crippen molar-refractivity contribution in [1.29, 1.82) is 0 Å². The predicted molar refractivity (Wildman–Crippen MR) is 90.7 cm³/mol. The van der Waals surface area contributed by atoms with E-state index in [0.29, 0.717) is 34.0 Å². The molecule has 1 aromatic heterocycles. The maximum atomic E-state index is 12.6. The number of imidazole rings is 1. The Kier molecular flexibility index (Phi) is 3.37. The summed E-state index contributed by atoms with van der Waals surface area (Å²) >= 11 is 0. The normalized spacial score (nSPS) is 13.9. The number of aromatic nitrogens is 2. The molecule has 3 aromatic rings. The molecule has 122 valence electrons. The zero-order valence-corrected chi connectivity index (χ0v) is 13.2. The number of hydrogen-bond donors (Lipinski definition) is 3. The number of benzene rings is 2. The fourth-order valence-electron chi connectivity index (χ4n) is 2.73. The van der Waals surface area contributed by atoms with E-state index in [1.165, 1.54) is 12.1 Å². The number of carbonyl (C=O) groups excluding carboxylic acids is 1. The van der Waals surface area contributed by atoms with Crippen molar-refractivity contribution in [3.05, 3.63) is 47.8 Å². The molecule has 2 aromatic carbocycles. The van der Waals surface area contributed by atoms with Gasteiger partial charge in [0.1, 0.15) is 22.8 Å². The number of nitrogens with one attached hydrogen (secondary N) is 2. The smallest absolute Gasteiger partial charge is 0.257 e. The number of aromatic amines is 1. The summed E-state index contributed by atoms with van der Waals surface area (Å²) in [7, 11) is 1.59. The van der Waals surface area contributed by atoms with Crippen LogP contribution in [0.5, 0.6) is 11.5 Å². The summed E-state index contributed by atoms with van der Waals surface area (Å²) < 4.78 is 5.37. The van der Waals surface area contributed by atoms with Crippen molar-refractivity contribution in [2.75, 3.05) is 12.4 Å². The average Bonchev–Trinajstić information content (AvgIpc) is 3.34. The monoisotopic (exact) mass is 323 g/mol. The van der Waals surface area contributed by atoms with Gasteiger partial charge in [-0.3, -0.25) is 4.79 Å². The third-order valence-corrected chi connectivity index (χ3v) is 4.18. The van der Waals surface area contributed by atoms with Crippen molar-refractivity contribution in [1.82, 2.24) is 9.97 Å². The molecule has 0 aliphatic heterocycles. The van der Waals surface area contributed by atoms with Crippen molar-refractivity contribution in [3.63, 3.8) is 0 Å². The van der Waals surface area contributed by atoms with Gasteiger partial charge in [0.15, 0.2) is 0 Å². The lowest BCUT2D eigenvalue weighted by molar-refractivity contribution is 0.102. The number of aromatic hydroxyl groups is 1. The fraction of sp³-hybridized carbons (Fsp3) is 0.222. The maximum absolute atomic E-state index is 12.6. The van der Waals surface area contributed by atoms with E-state index in [-0.39, 0.29) is 11.7 Å². The first kappa shape index (κ1) is 14.6. The first-order chi connectivity index (χ1) is 11.7. The number of phenolic OH excluding ortho intramolecular Hbond substituents is 1. The standard InChI is InChI=1S/C18H17N3O3/c1-24-14-9-8-13(15-16(14)21-17(20-15)10-2-3-10)18(23)19-11-4-6-12(22)7-5-11/h4-10,22H,2-3H2,1H3,(H,19,23)(H,20,21). The molecule has 1 fully saturated rings. The molecule has 1 aliphatic carbocycles. The Balaban J connectivity index is 1.72. The Morgan fingerprint density at radius 3 is 2.67 bits per heavy atom. The third kappa shape index (κ3) is 2.56. The molecule has 6 heteroatoms. The topological polar surface area (TPSA) is 87.2 Å². The minimum absolute atomic E-state index is 0.155. The second kappa shape index (κ2) is 5.56. The molecule has 24 heavy (non-hydrogen) atoms. The Bertz CT molecular complexity index is 911. The summed E-state index contributed by atoms with van der Waals surface area (Å²) in [6.07, 6.45) is 2.24. The molecule has 1 amide bonds. The molecule has 1 heterocycles. The van der Waals surface area contributed by atoms with E-state index in [4.69, 9.17) is 4.74 Å². The summed E-state index contributed by atoms with van der Waals surface area (Å²) in [5.74, 6) is 1.93. The second-order valence-electron chi connectivity index (χ2n) is 5.94. The molecule has 6 nitrogen and oxygen atoms in total. The van der Waals surface area contributed by atoms with Crippen LogP contribution in [-0.4, -0.2) is 28.1 Å². The molecule has 3 N–H and O–H groups in total. The molecule has 0 bridgehead atoms. The highest BCUT2D eigenvalue weighted by Crippen LogP contribution is 2.40. The van der Waals surface area contributed by atoms with Crippen LogP contribution in [0.4, 0.5) is 5.69 Å².